The Morgan fingerprint density at radius 1 is 0.266 bits per heavy atom. The molecule has 79 heavy (non-hydrogen) atoms. The third-order valence-corrected chi connectivity index (χ3v) is 15.8. The molecule has 0 spiro atoms. The second kappa shape index (κ2) is 67.9. The Bertz CT molecular complexity index is 1360. The van der Waals surface area contributed by atoms with Crippen molar-refractivity contribution >= 4 is 17.9 Å². The highest BCUT2D eigenvalue weighted by atomic mass is 16.6. The topological polar surface area (TPSA) is 78.9 Å². The molecular weight excluding hydrogens is 973 g/mol. The van der Waals surface area contributed by atoms with Crippen LogP contribution in [0.25, 0.3) is 0 Å². The monoisotopic (exact) mass is 1110 g/mol. The Balaban J connectivity index is 4.13. The average molecular weight is 1110 g/mol. The van der Waals surface area contributed by atoms with Gasteiger partial charge in [0.05, 0.1) is 0 Å². The smallest absolute Gasteiger partial charge is 0.306 e. The van der Waals surface area contributed by atoms with Crippen LogP contribution in [0.2, 0.25) is 0 Å². The predicted molar refractivity (Wildman–Crippen MR) is 344 cm³/mol. The first-order chi connectivity index (χ1) is 39.0. The molecular formula is C73H134O6. The lowest BCUT2D eigenvalue weighted by atomic mass is 10.0. The van der Waals surface area contributed by atoms with Gasteiger partial charge >= 0.3 is 17.9 Å². The van der Waals surface area contributed by atoms with Gasteiger partial charge in [-0.2, -0.15) is 0 Å². The van der Waals surface area contributed by atoms with Gasteiger partial charge in [0, 0.05) is 19.3 Å². The van der Waals surface area contributed by atoms with Crippen LogP contribution in [-0.2, 0) is 28.6 Å². The molecule has 0 aliphatic carbocycles. The van der Waals surface area contributed by atoms with Crippen LogP contribution in [0.5, 0.6) is 0 Å². The molecule has 0 aliphatic rings. The summed E-state index contributed by atoms with van der Waals surface area (Å²) in [6, 6.07) is 0. The first kappa shape index (κ1) is 76.4. The summed E-state index contributed by atoms with van der Waals surface area (Å²) in [5.74, 6) is -0.903. The number of hydrogen-bond donors (Lipinski definition) is 0. The molecule has 0 aromatic heterocycles. The summed E-state index contributed by atoms with van der Waals surface area (Å²) < 4.78 is 16.9. The Morgan fingerprint density at radius 3 is 0.772 bits per heavy atom. The number of unbranched alkanes of at least 4 members (excludes halogenated alkanes) is 46. The molecule has 0 saturated carbocycles. The quantitative estimate of drug-likeness (QED) is 0.0261. The van der Waals surface area contributed by atoms with Gasteiger partial charge in [-0.1, -0.05) is 352 Å². The van der Waals surface area contributed by atoms with Crippen molar-refractivity contribution in [2.24, 2.45) is 0 Å². The summed E-state index contributed by atoms with van der Waals surface area (Å²) in [6.07, 6.45) is 86.0. The fraction of sp³-hybridized carbons (Fsp3) is 0.849. The summed E-state index contributed by atoms with van der Waals surface area (Å²) in [4.78, 5) is 38.3. The molecule has 0 rings (SSSR count). The number of carbonyl (C=O) groups excluding carboxylic acids is 3. The van der Waals surface area contributed by atoms with Crippen LogP contribution in [0.1, 0.15) is 380 Å². The summed E-state index contributed by atoms with van der Waals surface area (Å²) in [7, 11) is 0. The minimum atomic E-state index is -0.792. The number of allylic oxidation sites excluding steroid dienone is 8. The SMILES string of the molecule is CC/C=C\C/C=C\C/C=C\C/C=C\CCCCC(=O)OC(COC(=O)CCCCCCCCCCCCCCCC)COC(=O)CCCCCCCCCCCCCCCCCCCCCCCCCCCCCCCCCC. The highest BCUT2D eigenvalue weighted by molar-refractivity contribution is 5.71. The van der Waals surface area contributed by atoms with E-state index in [2.05, 4.69) is 69.4 Å². The molecule has 462 valence electrons. The number of ether oxygens (including phenoxy) is 3. The van der Waals surface area contributed by atoms with Gasteiger partial charge in [-0.25, -0.2) is 0 Å². The van der Waals surface area contributed by atoms with E-state index in [0.29, 0.717) is 19.3 Å². The third kappa shape index (κ3) is 66.1. The Hall–Kier alpha value is -2.63. The molecule has 1 unspecified atom stereocenters. The molecule has 0 amide bonds. The first-order valence-electron chi connectivity index (χ1n) is 35.1. The van der Waals surface area contributed by atoms with Crippen molar-refractivity contribution in [2.45, 2.75) is 386 Å². The fourth-order valence-corrected chi connectivity index (χ4v) is 10.6. The van der Waals surface area contributed by atoms with E-state index in [1.54, 1.807) is 0 Å². The normalized spacial score (nSPS) is 12.3. The molecule has 0 aliphatic heterocycles. The summed E-state index contributed by atoms with van der Waals surface area (Å²) >= 11 is 0. The van der Waals surface area contributed by atoms with Crippen LogP contribution in [0.4, 0.5) is 0 Å². The van der Waals surface area contributed by atoms with E-state index in [-0.39, 0.29) is 37.5 Å². The molecule has 0 saturated heterocycles. The van der Waals surface area contributed by atoms with E-state index in [1.165, 1.54) is 257 Å². The molecule has 0 bridgehead atoms. The number of carbonyl (C=O) groups is 3. The van der Waals surface area contributed by atoms with Gasteiger partial charge in [-0.3, -0.25) is 14.4 Å². The molecule has 0 heterocycles. The van der Waals surface area contributed by atoms with Crippen molar-refractivity contribution in [3.05, 3.63) is 48.6 Å². The lowest BCUT2D eigenvalue weighted by Gasteiger charge is -2.18. The second-order valence-electron chi connectivity index (χ2n) is 23.8. The average Bonchev–Trinajstić information content (AvgIpc) is 3.45. The highest BCUT2D eigenvalue weighted by Gasteiger charge is 2.19. The van der Waals surface area contributed by atoms with E-state index >= 15 is 0 Å². The van der Waals surface area contributed by atoms with Gasteiger partial charge in [-0.15, -0.1) is 0 Å². The lowest BCUT2D eigenvalue weighted by molar-refractivity contribution is -0.167. The highest BCUT2D eigenvalue weighted by Crippen LogP contribution is 2.19. The van der Waals surface area contributed by atoms with Crippen molar-refractivity contribution in [3.63, 3.8) is 0 Å². The molecule has 0 aromatic carbocycles. The summed E-state index contributed by atoms with van der Waals surface area (Å²) in [5.41, 5.74) is 0. The molecule has 0 fully saturated rings. The minimum Gasteiger partial charge on any atom is -0.462 e. The molecule has 0 aromatic rings. The van der Waals surface area contributed by atoms with Crippen molar-refractivity contribution in [2.75, 3.05) is 13.2 Å². The summed E-state index contributed by atoms with van der Waals surface area (Å²) in [5, 5.41) is 0. The Labute approximate surface area is 492 Å². The molecule has 0 N–H and O–H groups in total. The second-order valence-corrected chi connectivity index (χ2v) is 23.8. The van der Waals surface area contributed by atoms with Crippen LogP contribution < -0.4 is 0 Å². The van der Waals surface area contributed by atoms with Crippen LogP contribution in [0.3, 0.4) is 0 Å². The van der Waals surface area contributed by atoms with Crippen molar-refractivity contribution in [1.82, 2.24) is 0 Å². The zero-order chi connectivity index (χ0) is 57.1. The predicted octanol–water partition coefficient (Wildman–Crippen LogP) is 24.1. The van der Waals surface area contributed by atoms with E-state index in [4.69, 9.17) is 14.2 Å². The first-order valence-corrected chi connectivity index (χ1v) is 35.1. The van der Waals surface area contributed by atoms with Crippen molar-refractivity contribution < 1.29 is 28.6 Å². The summed E-state index contributed by atoms with van der Waals surface area (Å²) in [6.45, 7) is 6.55. The van der Waals surface area contributed by atoms with E-state index in [0.717, 1.165) is 77.0 Å². The van der Waals surface area contributed by atoms with Gasteiger partial charge in [0.2, 0.25) is 0 Å². The van der Waals surface area contributed by atoms with Gasteiger partial charge < -0.3 is 14.2 Å². The van der Waals surface area contributed by atoms with Crippen LogP contribution >= 0.6 is 0 Å². The van der Waals surface area contributed by atoms with Crippen LogP contribution in [0.15, 0.2) is 48.6 Å². The van der Waals surface area contributed by atoms with E-state index in [1.807, 2.05) is 0 Å². The van der Waals surface area contributed by atoms with Gasteiger partial charge in [0.15, 0.2) is 6.10 Å². The number of rotatable bonds is 65. The van der Waals surface area contributed by atoms with Crippen molar-refractivity contribution in [3.8, 4) is 0 Å². The van der Waals surface area contributed by atoms with E-state index in [9.17, 15) is 14.4 Å². The Morgan fingerprint density at radius 2 is 0.494 bits per heavy atom. The van der Waals surface area contributed by atoms with Gasteiger partial charge in [0.25, 0.3) is 0 Å². The lowest BCUT2D eigenvalue weighted by Crippen LogP contribution is -2.30. The maximum absolute atomic E-state index is 12.9. The van der Waals surface area contributed by atoms with Crippen molar-refractivity contribution in [1.29, 1.82) is 0 Å². The molecule has 6 heteroatoms. The maximum atomic E-state index is 12.9. The maximum Gasteiger partial charge on any atom is 0.306 e. The molecule has 0 radical (unpaired) electrons. The van der Waals surface area contributed by atoms with Gasteiger partial charge in [0.1, 0.15) is 13.2 Å². The molecule has 1 atom stereocenters. The van der Waals surface area contributed by atoms with Crippen LogP contribution in [-0.4, -0.2) is 37.2 Å². The minimum absolute atomic E-state index is 0.0850. The number of esters is 3. The molecule has 6 nitrogen and oxygen atoms in total. The number of hydrogen-bond acceptors (Lipinski definition) is 6. The standard InChI is InChI=1S/C73H134O6/c1-4-7-10-13-16-19-22-25-28-29-30-31-32-33-34-35-36-37-38-39-40-41-42-43-44-46-48-51-54-57-60-63-66-72(75)78-69-70(68-77-71(74)65-62-59-56-53-50-47-27-24-21-18-15-12-9-6-3)79-73(76)67-64-61-58-55-52-49-45-26-23-20-17-14-11-8-5-2/h8,11,17,20,26,45,52,55,70H,4-7,9-10,12-16,18-19,21-25,27-44,46-51,53-54,56-69H2,1-3H3/b11-8-,20-17-,45-26-,55-52-. The largest absolute Gasteiger partial charge is 0.462 e. The zero-order valence-corrected chi connectivity index (χ0v) is 53.2. The van der Waals surface area contributed by atoms with E-state index < -0.39 is 6.10 Å². The third-order valence-electron chi connectivity index (χ3n) is 15.8. The zero-order valence-electron chi connectivity index (χ0n) is 53.2. The Kier molecular flexibility index (Phi) is 65.6. The van der Waals surface area contributed by atoms with Gasteiger partial charge in [-0.05, 0) is 57.8 Å². The fourth-order valence-electron chi connectivity index (χ4n) is 10.6. The van der Waals surface area contributed by atoms with Crippen LogP contribution in [0, 0.1) is 0 Å².